The number of oxazole rings is 1. The van der Waals surface area contributed by atoms with Crippen LogP contribution < -0.4 is 0 Å². The van der Waals surface area contributed by atoms with Gasteiger partial charge in [0, 0.05) is 29.3 Å². The van der Waals surface area contributed by atoms with E-state index in [1.165, 1.54) is 0 Å². The number of hydrogen-bond donors (Lipinski definition) is 0. The Morgan fingerprint density at radius 1 is 1.15 bits per heavy atom. The third-order valence-corrected chi connectivity index (χ3v) is 4.89. The van der Waals surface area contributed by atoms with Crippen LogP contribution in [0.2, 0.25) is 10.0 Å². The van der Waals surface area contributed by atoms with Gasteiger partial charge in [-0.05, 0) is 31.2 Å². The monoisotopic (exact) mass is 401 g/mol. The van der Waals surface area contributed by atoms with Crippen LogP contribution in [-0.4, -0.2) is 10.8 Å². The molecule has 140 valence electrons. The van der Waals surface area contributed by atoms with Crippen molar-refractivity contribution >= 4 is 29.0 Å². The molecule has 0 saturated heterocycles. The molecule has 0 spiro atoms. The van der Waals surface area contributed by atoms with E-state index in [1.54, 1.807) is 18.2 Å². The highest BCUT2D eigenvalue weighted by molar-refractivity contribution is 6.36. The summed E-state index contributed by atoms with van der Waals surface area (Å²) in [5.41, 5.74) is 3.29. The number of carbonyl (C=O) groups excluding carboxylic acids is 1. The fourth-order valence-corrected chi connectivity index (χ4v) is 3.46. The van der Waals surface area contributed by atoms with Crippen molar-refractivity contribution in [2.24, 2.45) is 0 Å². The topological polar surface area (TPSA) is 43.1 Å². The summed E-state index contributed by atoms with van der Waals surface area (Å²) in [5, 5.41) is 1.05. The number of Topliss-reactive ketones (excluding diaryl/α,β-unsaturated/α-hetero) is 1. The molecule has 0 bridgehead atoms. The van der Waals surface area contributed by atoms with E-state index in [-0.39, 0.29) is 11.7 Å². The molecular weight excluding hydrogens is 381 g/mol. The van der Waals surface area contributed by atoms with Crippen LogP contribution in [-0.2, 0) is 6.42 Å². The minimum absolute atomic E-state index is 0.0995. The average molecular weight is 402 g/mol. The molecule has 1 aromatic heterocycles. The second-order valence-electron chi connectivity index (χ2n) is 6.90. The molecule has 0 fully saturated rings. The molecule has 3 rings (SSSR count). The van der Waals surface area contributed by atoms with Crippen LogP contribution in [0.3, 0.4) is 0 Å². The number of nitrogens with zero attached hydrogens (tertiary/aromatic N) is 1. The number of aromatic nitrogens is 1. The van der Waals surface area contributed by atoms with Gasteiger partial charge in [0.05, 0.1) is 16.3 Å². The van der Waals surface area contributed by atoms with Crippen LogP contribution in [0.25, 0.3) is 11.5 Å². The molecule has 0 aliphatic heterocycles. The van der Waals surface area contributed by atoms with Crippen molar-refractivity contribution in [3.8, 4) is 11.5 Å². The lowest BCUT2D eigenvalue weighted by Gasteiger charge is -2.04. The van der Waals surface area contributed by atoms with Gasteiger partial charge in [0.25, 0.3) is 0 Å². The number of rotatable bonds is 6. The van der Waals surface area contributed by atoms with E-state index in [2.05, 4.69) is 4.98 Å². The first-order chi connectivity index (χ1) is 12.8. The molecule has 1 heterocycles. The molecule has 2 aromatic carbocycles. The number of aryl methyl sites for hydroxylation is 2. The zero-order chi connectivity index (χ0) is 19.6. The summed E-state index contributed by atoms with van der Waals surface area (Å²) in [7, 11) is 0. The van der Waals surface area contributed by atoms with Gasteiger partial charge in [0.15, 0.2) is 5.78 Å². The first kappa shape index (κ1) is 19.7. The highest BCUT2D eigenvalue weighted by Crippen LogP contribution is 2.33. The van der Waals surface area contributed by atoms with Crippen LogP contribution in [0.1, 0.15) is 53.6 Å². The van der Waals surface area contributed by atoms with E-state index >= 15 is 0 Å². The van der Waals surface area contributed by atoms with Gasteiger partial charge in [-0.25, -0.2) is 4.98 Å². The van der Waals surface area contributed by atoms with Gasteiger partial charge in [-0.3, -0.25) is 4.79 Å². The number of hydrogen-bond acceptors (Lipinski definition) is 3. The second kappa shape index (κ2) is 8.28. The van der Waals surface area contributed by atoms with Crippen LogP contribution in [0.5, 0.6) is 0 Å². The van der Waals surface area contributed by atoms with Crippen LogP contribution in [0.15, 0.2) is 46.9 Å². The Morgan fingerprint density at radius 2 is 1.93 bits per heavy atom. The predicted octanol–water partition coefficient (Wildman–Crippen LogP) is 6.90. The molecular formula is C22H21Cl2NO2. The maximum Gasteiger partial charge on any atom is 0.228 e. The number of carbonyl (C=O) groups is 1. The smallest absolute Gasteiger partial charge is 0.228 e. The maximum absolute atomic E-state index is 12.5. The zero-order valence-electron chi connectivity index (χ0n) is 15.6. The van der Waals surface area contributed by atoms with Crippen LogP contribution in [0, 0.1) is 6.92 Å². The van der Waals surface area contributed by atoms with Gasteiger partial charge in [-0.15, -0.1) is 0 Å². The Morgan fingerprint density at radius 3 is 2.59 bits per heavy atom. The molecule has 0 radical (unpaired) electrons. The number of benzene rings is 2. The SMILES string of the molecule is Cc1cccc(C(=O)CCc2nc(-c3ccc(Cl)cc3Cl)oc2C(C)C)c1. The van der Waals surface area contributed by atoms with Crippen molar-refractivity contribution in [1.82, 2.24) is 4.98 Å². The molecule has 3 nitrogen and oxygen atoms in total. The summed E-state index contributed by atoms with van der Waals surface area (Å²) in [6.45, 7) is 6.06. The van der Waals surface area contributed by atoms with Crippen LogP contribution >= 0.6 is 23.2 Å². The number of ketones is 1. The molecule has 0 unspecified atom stereocenters. The third-order valence-electron chi connectivity index (χ3n) is 4.34. The molecule has 5 heteroatoms. The summed E-state index contributed by atoms with van der Waals surface area (Å²) in [5.74, 6) is 1.50. The Kier molecular flexibility index (Phi) is 6.03. The maximum atomic E-state index is 12.5. The lowest BCUT2D eigenvalue weighted by atomic mass is 10.0. The van der Waals surface area contributed by atoms with Gasteiger partial charge in [-0.2, -0.15) is 0 Å². The quantitative estimate of drug-likeness (QED) is 0.422. The van der Waals surface area contributed by atoms with E-state index in [4.69, 9.17) is 27.6 Å². The Labute approximate surface area is 169 Å². The lowest BCUT2D eigenvalue weighted by molar-refractivity contribution is 0.0982. The highest BCUT2D eigenvalue weighted by atomic mass is 35.5. The summed E-state index contributed by atoms with van der Waals surface area (Å²) >= 11 is 12.3. The average Bonchev–Trinajstić information content (AvgIpc) is 3.04. The summed E-state index contributed by atoms with van der Waals surface area (Å²) in [4.78, 5) is 17.2. The summed E-state index contributed by atoms with van der Waals surface area (Å²) < 4.78 is 5.99. The fraction of sp³-hybridized carbons (Fsp3) is 0.273. The van der Waals surface area contributed by atoms with Gasteiger partial charge in [0.2, 0.25) is 5.89 Å². The van der Waals surface area contributed by atoms with Crippen molar-refractivity contribution in [3.05, 3.63) is 75.1 Å². The first-order valence-electron chi connectivity index (χ1n) is 8.90. The van der Waals surface area contributed by atoms with Crippen molar-refractivity contribution in [2.75, 3.05) is 0 Å². The van der Waals surface area contributed by atoms with Crippen molar-refractivity contribution < 1.29 is 9.21 Å². The van der Waals surface area contributed by atoms with Crippen molar-refractivity contribution in [1.29, 1.82) is 0 Å². The lowest BCUT2D eigenvalue weighted by Crippen LogP contribution is -2.03. The molecule has 0 atom stereocenters. The standard InChI is InChI=1S/C22H21Cl2NO2/c1-13(2)21-19(9-10-20(26)15-6-4-5-14(3)11-15)25-22(27-21)17-8-7-16(23)12-18(17)24/h4-8,11-13H,9-10H2,1-3H3. The zero-order valence-corrected chi connectivity index (χ0v) is 17.1. The van der Waals surface area contributed by atoms with E-state index in [1.807, 2.05) is 45.0 Å². The first-order valence-corrected chi connectivity index (χ1v) is 9.65. The molecule has 3 aromatic rings. The van der Waals surface area contributed by atoms with E-state index in [9.17, 15) is 4.79 Å². The van der Waals surface area contributed by atoms with Gasteiger partial charge in [-0.1, -0.05) is 60.8 Å². The molecule has 0 amide bonds. The van der Waals surface area contributed by atoms with Crippen LogP contribution in [0.4, 0.5) is 0 Å². The predicted molar refractivity (Wildman–Crippen MR) is 110 cm³/mol. The molecule has 0 N–H and O–H groups in total. The van der Waals surface area contributed by atoms with E-state index < -0.39 is 0 Å². The van der Waals surface area contributed by atoms with E-state index in [0.717, 1.165) is 22.6 Å². The van der Waals surface area contributed by atoms with Gasteiger partial charge in [0.1, 0.15) is 5.76 Å². The largest absolute Gasteiger partial charge is 0.441 e. The molecule has 0 aliphatic carbocycles. The molecule has 0 aliphatic rings. The normalized spacial score (nSPS) is 11.2. The Bertz CT molecular complexity index is 976. The Hall–Kier alpha value is -2.10. The van der Waals surface area contributed by atoms with Gasteiger partial charge >= 0.3 is 0 Å². The third kappa shape index (κ3) is 4.60. The number of halogens is 2. The van der Waals surface area contributed by atoms with E-state index in [0.29, 0.717) is 34.3 Å². The molecule has 27 heavy (non-hydrogen) atoms. The summed E-state index contributed by atoms with van der Waals surface area (Å²) in [6.07, 6.45) is 0.901. The second-order valence-corrected chi connectivity index (χ2v) is 7.75. The van der Waals surface area contributed by atoms with Crippen molar-refractivity contribution in [3.63, 3.8) is 0 Å². The Balaban J connectivity index is 1.84. The minimum atomic E-state index is 0.0995. The highest BCUT2D eigenvalue weighted by Gasteiger charge is 2.20. The minimum Gasteiger partial charge on any atom is -0.441 e. The van der Waals surface area contributed by atoms with Gasteiger partial charge < -0.3 is 4.42 Å². The summed E-state index contributed by atoms with van der Waals surface area (Å²) in [6, 6.07) is 12.9. The fourth-order valence-electron chi connectivity index (χ4n) is 2.97. The molecule has 0 saturated carbocycles. The van der Waals surface area contributed by atoms with Crippen molar-refractivity contribution in [2.45, 2.75) is 39.5 Å².